The van der Waals surface area contributed by atoms with Crippen molar-refractivity contribution in [3.8, 4) is 11.5 Å². The van der Waals surface area contributed by atoms with Gasteiger partial charge in [0.15, 0.2) is 0 Å². The number of aliphatic hydroxyl groups excluding tert-OH is 1. The topological polar surface area (TPSA) is 85.0 Å². The van der Waals surface area contributed by atoms with Crippen LogP contribution in [0.25, 0.3) is 0 Å². The Morgan fingerprint density at radius 1 is 1.15 bits per heavy atom. The van der Waals surface area contributed by atoms with Crippen molar-refractivity contribution in [1.29, 1.82) is 0 Å². The molecular formula is C20H25ClN2O4. The van der Waals surface area contributed by atoms with Crippen LogP contribution in [0.15, 0.2) is 42.5 Å². The van der Waals surface area contributed by atoms with Gasteiger partial charge in [-0.25, -0.2) is 0 Å². The monoisotopic (exact) mass is 392 g/mol. The molecule has 2 aromatic carbocycles. The Labute approximate surface area is 165 Å². The van der Waals surface area contributed by atoms with Crippen molar-refractivity contribution in [3.05, 3.63) is 59.2 Å². The molecule has 1 amide bonds. The summed E-state index contributed by atoms with van der Waals surface area (Å²) in [7, 11) is 3.12. The Kier molecular flexibility index (Phi) is 6.36. The van der Waals surface area contributed by atoms with Gasteiger partial charge in [-0.2, -0.15) is 0 Å². The molecule has 0 bridgehead atoms. The van der Waals surface area contributed by atoms with Gasteiger partial charge in [-0.3, -0.25) is 4.79 Å². The number of rotatable bonds is 4. The van der Waals surface area contributed by atoms with Gasteiger partial charge >= 0.3 is 0 Å². The first kappa shape index (κ1) is 21.0. The standard InChI is InChI=1S/C20H24N2O4.ClH/c1-20(21,13-7-5-4-6-8-13)19(24)22-11-14-16(25-2)9-10-17(26-3)18(14)15(23)12-22;/h4-10,15,23H,11-12,21H2,1-3H3;1H. The molecule has 2 atom stereocenters. The van der Waals surface area contributed by atoms with Gasteiger partial charge in [0.05, 0.1) is 20.8 Å². The number of β-amino-alcohol motifs (C(OH)–C–C–N with tert-alkyl or cyclic N) is 1. The van der Waals surface area contributed by atoms with Crippen LogP contribution in [0.4, 0.5) is 0 Å². The van der Waals surface area contributed by atoms with Crippen molar-refractivity contribution in [2.45, 2.75) is 25.1 Å². The molecule has 2 aromatic rings. The average Bonchev–Trinajstić information content (AvgIpc) is 2.66. The lowest BCUT2D eigenvalue weighted by atomic mass is 9.89. The number of aliphatic hydroxyl groups is 1. The highest BCUT2D eigenvalue weighted by atomic mass is 35.5. The quantitative estimate of drug-likeness (QED) is 0.834. The van der Waals surface area contributed by atoms with E-state index in [2.05, 4.69) is 0 Å². The lowest BCUT2D eigenvalue weighted by Gasteiger charge is -2.38. The number of hydrogen-bond acceptors (Lipinski definition) is 5. The van der Waals surface area contributed by atoms with Gasteiger partial charge in [0.1, 0.15) is 23.1 Å². The third-order valence-corrected chi connectivity index (χ3v) is 4.89. The second-order valence-corrected chi connectivity index (χ2v) is 6.63. The Hall–Kier alpha value is -2.28. The summed E-state index contributed by atoms with van der Waals surface area (Å²) in [6.07, 6.45) is -0.876. The van der Waals surface area contributed by atoms with Gasteiger partial charge in [0.2, 0.25) is 5.91 Å². The smallest absolute Gasteiger partial charge is 0.247 e. The molecule has 1 aliphatic heterocycles. The van der Waals surface area contributed by atoms with Crippen molar-refractivity contribution < 1.29 is 19.4 Å². The minimum Gasteiger partial charge on any atom is -0.496 e. The number of amides is 1. The molecule has 3 rings (SSSR count). The van der Waals surface area contributed by atoms with E-state index < -0.39 is 11.6 Å². The number of fused-ring (bicyclic) bond motifs is 1. The number of nitrogens with zero attached hydrogens (tertiary/aromatic N) is 1. The summed E-state index contributed by atoms with van der Waals surface area (Å²) >= 11 is 0. The molecule has 2 unspecified atom stereocenters. The number of ether oxygens (including phenoxy) is 2. The highest BCUT2D eigenvalue weighted by Crippen LogP contribution is 2.40. The highest BCUT2D eigenvalue weighted by Gasteiger charge is 2.39. The van der Waals surface area contributed by atoms with E-state index in [0.717, 1.165) is 11.1 Å². The molecule has 27 heavy (non-hydrogen) atoms. The van der Waals surface area contributed by atoms with E-state index in [1.165, 1.54) is 0 Å². The lowest BCUT2D eigenvalue weighted by Crippen LogP contribution is -2.52. The Bertz CT molecular complexity index is 811. The molecule has 0 aliphatic carbocycles. The second-order valence-electron chi connectivity index (χ2n) is 6.63. The summed E-state index contributed by atoms with van der Waals surface area (Å²) in [4.78, 5) is 14.7. The number of carbonyl (C=O) groups is 1. The first-order valence-electron chi connectivity index (χ1n) is 8.45. The molecule has 0 aromatic heterocycles. The van der Waals surface area contributed by atoms with Crippen LogP contribution in [0.1, 0.15) is 29.7 Å². The number of halogens is 1. The van der Waals surface area contributed by atoms with Crippen LogP contribution in [0.3, 0.4) is 0 Å². The maximum atomic E-state index is 13.1. The predicted octanol–water partition coefficient (Wildman–Crippen LogP) is 2.38. The van der Waals surface area contributed by atoms with Gasteiger partial charge in [-0.05, 0) is 24.6 Å². The van der Waals surface area contributed by atoms with Crippen LogP contribution in [0.2, 0.25) is 0 Å². The zero-order chi connectivity index (χ0) is 18.9. The van der Waals surface area contributed by atoms with E-state index in [1.54, 1.807) is 38.2 Å². The molecule has 3 N–H and O–H groups in total. The zero-order valence-electron chi connectivity index (χ0n) is 15.6. The predicted molar refractivity (Wildman–Crippen MR) is 105 cm³/mol. The summed E-state index contributed by atoms with van der Waals surface area (Å²) in [6, 6.07) is 12.8. The molecule has 1 aliphatic rings. The Balaban J connectivity index is 0.00000261. The number of hydrogen-bond donors (Lipinski definition) is 2. The van der Waals surface area contributed by atoms with Crippen molar-refractivity contribution >= 4 is 18.3 Å². The lowest BCUT2D eigenvalue weighted by molar-refractivity contribution is -0.139. The van der Waals surface area contributed by atoms with E-state index in [-0.39, 0.29) is 24.9 Å². The van der Waals surface area contributed by atoms with Crippen LogP contribution in [-0.4, -0.2) is 36.7 Å². The number of methoxy groups -OCH3 is 2. The van der Waals surface area contributed by atoms with E-state index in [1.807, 2.05) is 30.3 Å². The summed E-state index contributed by atoms with van der Waals surface area (Å²) in [5.74, 6) is 0.938. The van der Waals surface area contributed by atoms with Gasteiger partial charge in [-0.1, -0.05) is 30.3 Å². The maximum absolute atomic E-state index is 13.1. The average molecular weight is 393 g/mol. The second kappa shape index (κ2) is 8.17. The third kappa shape index (κ3) is 3.74. The number of benzene rings is 2. The van der Waals surface area contributed by atoms with Crippen molar-refractivity contribution in [2.75, 3.05) is 20.8 Å². The summed E-state index contributed by atoms with van der Waals surface area (Å²) in [5.41, 5.74) is 7.31. The summed E-state index contributed by atoms with van der Waals surface area (Å²) in [5, 5.41) is 10.7. The summed E-state index contributed by atoms with van der Waals surface area (Å²) in [6.45, 7) is 2.13. The van der Waals surface area contributed by atoms with E-state index in [9.17, 15) is 9.90 Å². The zero-order valence-corrected chi connectivity index (χ0v) is 16.5. The SMILES string of the molecule is COc1ccc(OC)c2c1CN(C(=O)C(C)(N)c1ccccc1)CC2O.Cl. The van der Waals surface area contributed by atoms with Gasteiger partial charge in [0.25, 0.3) is 0 Å². The molecule has 0 fully saturated rings. The Morgan fingerprint density at radius 3 is 2.33 bits per heavy atom. The van der Waals surface area contributed by atoms with E-state index in [4.69, 9.17) is 15.2 Å². The van der Waals surface area contributed by atoms with Gasteiger partial charge < -0.3 is 25.2 Å². The molecule has 7 heteroatoms. The molecule has 0 spiro atoms. The number of nitrogens with two attached hydrogens (primary N) is 1. The molecule has 0 radical (unpaired) electrons. The molecule has 146 valence electrons. The van der Waals surface area contributed by atoms with Crippen molar-refractivity contribution in [1.82, 2.24) is 4.90 Å². The van der Waals surface area contributed by atoms with Crippen molar-refractivity contribution in [2.24, 2.45) is 5.73 Å². The fourth-order valence-corrected chi connectivity index (χ4v) is 3.47. The Morgan fingerprint density at radius 2 is 1.74 bits per heavy atom. The summed E-state index contributed by atoms with van der Waals surface area (Å²) < 4.78 is 10.8. The van der Waals surface area contributed by atoms with Crippen LogP contribution < -0.4 is 15.2 Å². The third-order valence-electron chi connectivity index (χ3n) is 4.89. The fraction of sp³-hybridized carbons (Fsp3) is 0.350. The van der Waals surface area contributed by atoms with Crippen molar-refractivity contribution in [3.63, 3.8) is 0 Å². The van der Waals surface area contributed by atoms with Crippen LogP contribution in [-0.2, 0) is 16.9 Å². The number of carbonyl (C=O) groups excluding carboxylic acids is 1. The van der Waals surface area contributed by atoms with E-state index >= 15 is 0 Å². The molecule has 6 nitrogen and oxygen atoms in total. The van der Waals surface area contributed by atoms with Gasteiger partial charge in [-0.15, -0.1) is 12.4 Å². The van der Waals surface area contributed by atoms with Gasteiger partial charge in [0, 0.05) is 17.7 Å². The largest absolute Gasteiger partial charge is 0.496 e. The highest BCUT2D eigenvalue weighted by molar-refractivity contribution is 5.87. The van der Waals surface area contributed by atoms with Crippen LogP contribution in [0, 0.1) is 0 Å². The molecule has 0 saturated carbocycles. The minimum atomic E-state index is -1.19. The van der Waals surface area contributed by atoms with E-state index in [0.29, 0.717) is 23.6 Å². The van der Waals surface area contributed by atoms with Crippen LogP contribution >= 0.6 is 12.4 Å². The molecular weight excluding hydrogens is 368 g/mol. The molecule has 1 heterocycles. The first-order chi connectivity index (χ1) is 12.4. The normalized spacial score (nSPS) is 18.0. The molecule has 0 saturated heterocycles. The first-order valence-corrected chi connectivity index (χ1v) is 8.45. The minimum absolute atomic E-state index is 0. The fourth-order valence-electron chi connectivity index (χ4n) is 3.47. The maximum Gasteiger partial charge on any atom is 0.247 e. The van der Waals surface area contributed by atoms with Crippen LogP contribution in [0.5, 0.6) is 11.5 Å².